The number of sulfonamides is 1. The van der Waals surface area contributed by atoms with Crippen LogP contribution in [-0.2, 0) is 14.8 Å². The Kier molecular flexibility index (Phi) is 5.74. The van der Waals surface area contributed by atoms with Crippen LogP contribution in [0.2, 0.25) is 0 Å². The summed E-state index contributed by atoms with van der Waals surface area (Å²) in [6, 6.07) is 3.43. The molecule has 2 aromatic rings. The van der Waals surface area contributed by atoms with Gasteiger partial charge in [-0.2, -0.15) is 4.31 Å². The third kappa shape index (κ3) is 4.04. The Balaban J connectivity index is 1.93. The Hall–Kier alpha value is -2.41. The van der Waals surface area contributed by atoms with Gasteiger partial charge in [0.25, 0.3) is 21.8 Å². The number of thiophene rings is 1. The number of halogens is 2. The van der Waals surface area contributed by atoms with E-state index in [1.807, 2.05) is 0 Å². The van der Waals surface area contributed by atoms with Crippen LogP contribution in [0.4, 0.5) is 13.8 Å². The van der Waals surface area contributed by atoms with Crippen molar-refractivity contribution in [2.75, 3.05) is 31.6 Å². The van der Waals surface area contributed by atoms with E-state index in [1.165, 1.54) is 4.31 Å². The smallest absolute Gasteiger partial charge is 0.259 e. The van der Waals surface area contributed by atoms with Crippen LogP contribution in [0, 0.1) is 11.6 Å². The average Bonchev–Trinajstić information content (AvgIpc) is 3.07. The van der Waals surface area contributed by atoms with Gasteiger partial charge in [-0.3, -0.25) is 9.59 Å². The highest BCUT2D eigenvalue weighted by Crippen LogP contribution is 2.33. The zero-order valence-corrected chi connectivity index (χ0v) is 15.9. The van der Waals surface area contributed by atoms with E-state index < -0.39 is 39.0 Å². The average molecular weight is 431 g/mol. The number of primary amides is 1. The van der Waals surface area contributed by atoms with Gasteiger partial charge in [0.05, 0.1) is 24.3 Å². The van der Waals surface area contributed by atoms with E-state index in [1.54, 1.807) is 0 Å². The van der Waals surface area contributed by atoms with Gasteiger partial charge in [0.15, 0.2) is 0 Å². The minimum atomic E-state index is -3.92. The van der Waals surface area contributed by atoms with Gasteiger partial charge in [0.1, 0.15) is 20.8 Å². The summed E-state index contributed by atoms with van der Waals surface area (Å²) in [7, 11) is -3.92. The number of nitrogens with two attached hydrogens (primary N) is 1. The first-order valence-electron chi connectivity index (χ1n) is 7.98. The molecule has 150 valence electrons. The summed E-state index contributed by atoms with van der Waals surface area (Å²) in [5.74, 6) is -3.90. The number of ether oxygens (including phenoxy) is 1. The fourth-order valence-electron chi connectivity index (χ4n) is 2.53. The molecule has 12 heteroatoms. The number of nitrogens with zero attached hydrogens (tertiary/aromatic N) is 1. The maximum atomic E-state index is 13.8. The summed E-state index contributed by atoms with van der Waals surface area (Å²) in [6.07, 6.45) is 0. The van der Waals surface area contributed by atoms with Crippen molar-refractivity contribution in [2.24, 2.45) is 5.73 Å². The Morgan fingerprint density at radius 1 is 1.14 bits per heavy atom. The second-order valence-corrected chi connectivity index (χ2v) is 8.98. The summed E-state index contributed by atoms with van der Waals surface area (Å²) >= 11 is 0.621. The predicted molar refractivity (Wildman–Crippen MR) is 96.7 cm³/mol. The first kappa shape index (κ1) is 20.3. The highest BCUT2D eigenvalue weighted by atomic mass is 32.2. The summed E-state index contributed by atoms with van der Waals surface area (Å²) in [6.45, 7) is 0.769. The van der Waals surface area contributed by atoms with Gasteiger partial charge in [-0.25, -0.2) is 17.2 Å². The second-order valence-electron chi connectivity index (χ2n) is 5.77. The molecule has 0 saturated carbocycles. The number of amides is 2. The van der Waals surface area contributed by atoms with E-state index in [0.29, 0.717) is 17.4 Å². The minimum absolute atomic E-state index is 0.145. The molecule has 3 rings (SSSR count). The molecule has 2 amide bonds. The van der Waals surface area contributed by atoms with E-state index in [2.05, 4.69) is 5.32 Å². The number of benzene rings is 1. The lowest BCUT2D eigenvalue weighted by molar-refractivity contribution is 0.0731. The summed E-state index contributed by atoms with van der Waals surface area (Å²) < 4.78 is 58.4. The van der Waals surface area contributed by atoms with Crippen LogP contribution < -0.4 is 11.1 Å². The molecule has 0 spiro atoms. The third-order valence-electron chi connectivity index (χ3n) is 3.94. The molecule has 1 aliphatic heterocycles. The first-order valence-corrected chi connectivity index (χ1v) is 10.2. The topological polar surface area (TPSA) is 119 Å². The van der Waals surface area contributed by atoms with E-state index >= 15 is 0 Å². The molecule has 1 saturated heterocycles. The van der Waals surface area contributed by atoms with Crippen molar-refractivity contribution in [3.63, 3.8) is 0 Å². The molecule has 1 aromatic carbocycles. The Morgan fingerprint density at radius 2 is 1.82 bits per heavy atom. The van der Waals surface area contributed by atoms with E-state index in [4.69, 9.17) is 10.5 Å². The number of hydrogen-bond acceptors (Lipinski definition) is 6. The van der Waals surface area contributed by atoms with Gasteiger partial charge in [0.2, 0.25) is 0 Å². The Morgan fingerprint density at radius 3 is 2.43 bits per heavy atom. The van der Waals surface area contributed by atoms with Gasteiger partial charge in [0, 0.05) is 19.2 Å². The highest BCUT2D eigenvalue weighted by Gasteiger charge is 2.30. The third-order valence-corrected chi connectivity index (χ3v) is 7.34. The lowest BCUT2D eigenvalue weighted by atomic mass is 10.2. The van der Waals surface area contributed by atoms with Crippen molar-refractivity contribution in [1.82, 2.24) is 4.31 Å². The molecule has 2 heterocycles. The second kappa shape index (κ2) is 7.91. The number of carbonyl (C=O) groups is 2. The van der Waals surface area contributed by atoms with Crippen molar-refractivity contribution in [3.05, 3.63) is 47.0 Å². The number of nitrogens with one attached hydrogen (secondary N) is 1. The van der Waals surface area contributed by atoms with Crippen molar-refractivity contribution < 1.29 is 31.5 Å². The molecule has 1 fully saturated rings. The van der Waals surface area contributed by atoms with Gasteiger partial charge in [-0.15, -0.1) is 11.3 Å². The lowest BCUT2D eigenvalue weighted by Gasteiger charge is -2.25. The maximum Gasteiger partial charge on any atom is 0.259 e. The monoisotopic (exact) mass is 431 g/mol. The quantitative estimate of drug-likeness (QED) is 0.742. The molecule has 0 unspecified atom stereocenters. The largest absolute Gasteiger partial charge is 0.379 e. The molecule has 1 aromatic heterocycles. The molecule has 1 aliphatic rings. The maximum absolute atomic E-state index is 13.8. The molecule has 0 bridgehead atoms. The van der Waals surface area contributed by atoms with Crippen molar-refractivity contribution in [3.8, 4) is 0 Å². The summed E-state index contributed by atoms with van der Waals surface area (Å²) in [5, 5.41) is 2.13. The molecular weight excluding hydrogens is 416 g/mol. The van der Waals surface area contributed by atoms with Gasteiger partial charge >= 0.3 is 0 Å². The number of anilines is 1. The normalized spacial score (nSPS) is 15.4. The first-order chi connectivity index (χ1) is 13.2. The molecule has 0 aliphatic carbocycles. The summed E-state index contributed by atoms with van der Waals surface area (Å²) in [5.41, 5.74) is 4.58. The predicted octanol–water partition coefficient (Wildman–Crippen LogP) is 1.40. The van der Waals surface area contributed by atoms with Crippen LogP contribution in [0.1, 0.15) is 20.7 Å². The van der Waals surface area contributed by atoms with Gasteiger partial charge in [-0.1, -0.05) is 0 Å². The van der Waals surface area contributed by atoms with Crippen molar-refractivity contribution >= 4 is 38.2 Å². The van der Waals surface area contributed by atoms with Crippen LogP contribution in [0.5, 0.6) is 0 Å². The van der Waals surface area contributed by atoms with Crippen LogP contribution in [0.3, 0.4) is 0 Å². The number of carbonyl (C=O) groups excluding carboxylic acids is 2. The minimum Gasteiger partial charge on any atom is -0.379 e. The molecule has 0 radical (unpaired) electrons. The van der Waals surface area contributed by atoms with Crippen LogP contribution in [0.25, 0.3) is 0 Å². The van der Waals surface area contributed by atoms with Crippen molar-refractivity contribution in [2.45, 2.75) is 4.21 Å². The van der Waals surface area contributed by atoms with E-state index in [-0.39, 0.29) is 41.1 Å². The lowest BCUT2D eigenvalue weighted by Crippen LogP contribution is -2.40. The summed E-state index contributed by atoms with van der Waals surface area (Å²) in [4.78, 5) is 24.0. The Bertz CT molecular complexity index is 1030. The molecular formula is C16H15F2N3O5S2. The molecule has 0 atom stereocenters. The molecule has 28 heavy (non-hydrogen) atoms. The van der Waals surface area contributed by atoms with Crippen LogP contribution >= 0.6 is 11.3 Å². The van der Waals surface area contributed by atoms with E-state index in [0.717, 1.165) is 18.2 Å². The highest BCUT2D eigenvalue weighted by molar-refractivity contribution is 7.91. The van der Waals surface area contributed by atoms with Crippen LogP contribution in [0.15, 0.2) is 28.5 Å². The fourth-order valence-corrected chi connectivity index (χ4v) is 5.46. The molecule has 8 nitrogen and oxygen atoms in total. The van der Waals surface area contributed by atoms with Crippen LogP contribution in [-0.4, -0.2) is 50.8 Å². The standard InChI is InChI=1S/C16H15F2N3O5S2/c17-9-1-2-10(12(18)7-9)15(23)20-16-11(14(19)22)8-13(27-16)28(24,25)21-3-5-26-6-4-21/h1-2,7-8H,3-6H2,(H2,19,22)(H,20,23). The SMILES string of the molecule is NC(=O)c1cc(S(=O)(=O)N2CCOCC2)sc1NC(=O)c1ccc(F)cc1F. The number of morpholine rings is 1. The Labute approximate surface area is 162 Å². The molecule has 3 N–H and O–H groups in total. The van der Waals surface area contributed by atoms with Crippen molar-refractivity contribution in [1.29, 1.82) is 0 Å². The van der Waals surface area contributed by atoms with E-state index in [9.17, 15) is 26.8 Å². The number of hydrogen-bond donors (Lipinski definition) is 2. The number of rotatable bonds is 5. The zero-order valence-electron chi connectivity index (χ0n) is 14.3. The van der Waals surface area contributed by atoms with Gasteiger partial charge in [-0.05, 0) is 18.2 Å². The fraction of sp³-hybridized carbons (Fsp3) is 0.250. The zero-order chi connectivity index (χ0) is 20.5. The van der Waals surface area contributed by atoms with Gasteiger partial charge < -0.3 is 15.8 Å².